The highest BCUT2D eigenvalue weighted by atomic mass is 14.4. The van der Waals surface area contributed by atoms with Gasteiger partial charge in [0.25, 0.3) is 0 Å². The summed E-state index contributed by atoms with van der Waals surface area (Å²) in [7, 11) is 0. The maximum absolute atomic E-state index is 2.39. The van der Waals surface area contributed by atoms with Gasteiger partial charge in [0.05, 0.1) is 0 Å². The van der Waals surface area contributed by atoms with Gasteiger partial charge in [-0.05, 0) is 11.8 Å². The van der Waals surface area contributed by atoms with Crippen LogP contribution in [0.3, 0.4) is 0 Å². The van der Waals surface area contributed by atoms with Crippen molar-refractivity contribution in [2.24, 2.45) is 23.7 Å². The molecule has 50 valence electrons. The van der Waals surface area contributed by atoms with Crippen LogP contribution in [0.4, 0.5) is 0 Å². The van der Waals surface area contributed by atoms with Crippen LogP contribution >= 0.6 is 0 Å². The molecule has 0 N–H and O–H groups in total. The van der Waals surface area contributed by atoms with Crippen molar-refractivity contribution in [3.8, 4) is 0 Å². The molecule has 0 radical (unpaired) electrons. The largest absolute Gasteiger partial charge is 0.0833 e. The van der Waals surface area contributed by atoms with E-state index in [4.69, 9.17) is 0 Å². The van der Waals surface area contributed by atoms with E-state index >= 15 is 0 Å². The Kier molecular flexibility index (Phi) is 0.715. The summed E-state index contributed by atoms with van der Waals surface area (Å²) in [5.41, 5.74) is 0. The first kappa shape index (κ1) is 4.95. The highest BCUT2D eigenvalue weighted by molar-refractivity contribution is 5.32. The first-order valence-corrected chi connectivity index (χ1v) is 4.00. The highest BCUT2D eigenvalue weighted by Gasteiger charge is 2.38. The van der Waals surface area contributed by atoms with Crippen LogP contribution in [0.2, 0.25) is 0 Å². The average molecular weight is 130 g/mol. The third-order valence-corrected chi connectivity index (χ3v) is 3.00. The van der Waals surface area contributed by atoms with Crippen molar-refractivity contribution in [3.05, 3.63) is 36.5 Å². The fourth-order valence-electron chi connectivity index (χ4n) is 2.44. The maximum atomic E-state index is 2.39. The molecule has 0 unspecified atom stereocenters. The minimum Gasteiger partial charge on any atom is -0.0833 e. The molecule has 0 saturated heterocycles. The first-order chi connectivity index (χ1) is 4.95. The summed E-state index contributed by atoms with van der Waals surface area (Å²) in [6.45, 7) is 0. The van der Waals surface area contributed by atoms with Crippen molar-refractivity contribution in [3.63, 3.8) is 0 Å². The Morgan fingerprint density at radius 2 is 0.900 bits per heavy atom. The van der Waals surface area contributed by atoms with E-state index in [0.29, 0.717) is 0 Å². The van der Waals surface area contributed by atoms with Crippen LogP contribution in [-0.2, 0) is 0 Å². The molecular weight excluding hydrogens is 120 g/mol. The molecule has 3 aliphatic rings. The summed E-state index contributed by atoms with van der Waals surface area (Å²) < 4.78 is 0. The molecule has 0 heteroatoms. The molecule has 0 aromatic heterocycles. The number of hydrogen-bond donors (Lipinski definition) is 0. The summed E-state index contributed by atoms with van der Waals surface area (Å²) >= 11 is 0. The number of rotatable bonds is 0. The lowest BCUT2D eigenvalue weighted by molar-refractivity contribution is 0.417. The molecule has 0 atom stereocenters. The molecular formula is C10H10. The second-order valence-corrected chi connectivity index (χ2v) is 3.46. The smallest absolute Gasteiger partial charge is 0.00157 e. The van der Waals surface area contributed by atoms with E-state index in [2.05, 4.69) is 36.5 Å². The Labute approximate surface area is 60.9 Å². The van der Waals surface area contributed by atoms with Gasteiger partial charge in [-0.3, -0.25) is 0 Å². The second kappa shape index (κ2) is 1.45. The molecule has 0 heterocycles. The molecule has 0 saturated carbocycles. The Balaban J connectivity index is 2.19. The zero-order valence-corrected chi connectivity index (χ0v) is 5.77. The van der Waals surface area contributed by atoms with Gasteiger partial charge >= 0.3 is 0 Å². The van der Waals surface area contributed by atoms with E-state index in [9.17, 15) is 0 Å². The molecule has 3 rings (SSSR count). The molecule has 0 aliphatic heterocycles. The lowest BCUT2D eigenvalue weighted by atomic mass is 9.82. The van der Waals surface area contributed by atoms with Crippen molar-refractivity contribution < 1.29 is 0 Å². The standard InChI is InChI=1S/C10H10/c1-2-8-4-6-9-7(1)3-5-10(8)9/h1-10H. The summed E-state index contributed by atoms with van der Waals surface area (Å²) in [5, 5.41) is 0. The molecule has 4 bridgehead atoms. The summed E-state index contributed by atoms with van der Waals surface area (Å²) in [6.07, 6.45) is 14.2. The monoisotopic (exact) mass is 130 g/mol. The molecule has 0 nitrogen and oxygen atoms in total. The van der Waals surface area contributed by atoms with Crippen LogP contribution in [-0.4, -0.2) is 0 Å². The lowest BCUT2D eigenvalue weighted by Crippen LogP contribution is -2.16. The highest BCUT2D eigenvalue weighted by Crippen LogP contribution is 2.46. The predicted octanol–water partition coefficient (Wildman–Crippen LogP) is 2.16. The van der Waals surface area contributed by atoms with Gasteiger partial charge in [0.15, 0.2) is 0 Å². The van der Waals surface area contributed by atoms with Crippen LogP contribution in [0.15, 0.2) is 36.5 Å². The van der Waals surface area contributed by atoms with Crippen molar-refractivity contribution in [1.29, 1.82) is 0 Å². The zero-order chi connectivity index (χ0) is 6.55. The third-order valence-electron chi connectivity index (χ3n) is 3.00. The Morgan fingerprint density at radius 1 is 0.500 bits per heavy atom. The van der Waals surface area contributed by atoms with Crippen LogP contribution in [0, 0.1) is 23.7 Å². The second-order valence-electron chi connectivity index (χ2n) is 3.46. The van der Waals surface area contributed by atoms with Crippen molar-refractivity contribution in [2.75, 3.05) is 0 Å². The summed E-state index contributed by atoms with van der Waals surface area (Å²) in [5.74, 6) is 3.13. The van der Waals surface area contributed by atoms with Crippen LogP contribution in [0.5, 0.6) is 0 Å². The first-order valence-electron chi connectivity index (χ1n) is 4.00. The Morgan fingerprint density at radius 3 is 1.40 bits per heavy atom. The van der Waals surface area contributed by atoms with Gasteiger partial charge in [0.2, 0.25) is 0 Å². The number of hydrogen-bond acceptors (Lipinski definition) is 0. The molecule has 0 aromatic carbocycles. The SMILES string of the molecule is C1=CC2C=CC3C1C=CC23. The lowest BCUT2D eigenvalue weighted by Gasteiger charge is -2.22. The Bertz CT molecular complexity index is 219. The van der Waals surface area contributed by atoms with E-state index in [1.807, 2.05) is 0 Å². The van der Waals surface area contributed by atoms with Gasteiger partial charge in [-0.15, -0.1) is 0 Å². The van der Waals surface area contributed by atoms with Crippen molar-refractivity contribution in [1.82, 2.24) is 0 Å². The van der Waals surface area contributed by atoms with E-state index in [1.54, 1.807) is 0 Å². The summed E-state index contributed by atoms with van der Waals surface area (Å²) in [6, 6.07) is 0. The fourth-order valence-corrected chi connectivity index (χ4v) is 2.44. The third kappa shape index (κ3) is 0.406. The maximum Gasteiger partial charge on any atom is 0.00157 e. The van der Waals surface area contributed by atoms with Crippen LogP contribution < -0.4 is 0 Å². The summed E-state index contributed by atoms with van der Waals surface area (Å²) in [4.78, 5) is 0. The normalized spacial score (nSPS) is 52.8. The van der Waals surface area contributed by atoms with Gasteiger partial charge in [-0.25, -0.2) is 0 Å². The van der Waals surface area contributed by atoms with Crippen molar-refractivity contribution >= 4 is 0 Å². The molecule has 0 amide bonds. The van der Waals surface area contributed by atoms with E-state index < -0.39 is 0 Å². The average Bonchev–Trinajstić information content (AvgIpc) is 2.36. The molecule has 10 heavy (non-hydrogen) atoms. The molecule has 3 aliphatic carbocycles. The van der Waals surface area contributed by atoms with E-state index in [1.165, 1.54) is 0 Å². The number of allylic oxidation sites excluding steroid dienone is 6. The van der Waals surface area contributed by atoms with Crippen LogP contribution in [0.1, 0.15) is 0 Å². The van der Waals surface area contributed by atoms with E-state index in [0.717, 1.165) is 23.7 Å². The molecule has 0 aromatic rings. The van der Waals surface area contributed by atoms with Crippen molar-refractivity contribution in [2.45, 2.75) is 0 Å². The quantitative estimate of drug-likeness (QED) is 0.441. The van der Waals surface area contributed by atoms with Gasteiger partial charge in [0, 0.05) is 11.8 Å². The van der Waals surface area contributed by atoms with Crippen LogP contribution in [0.25, 0.3) is 0 Å². The zero-order valence-electron chi connectivity index (χ0n) is 5.77. The predicted molar refractivity (Wildman–Crippen MR) is 41.4 cm³/mol. The van der Waals surface area contributed by atoms with Gasteiger partial charge in [-0.1, -0.05) is 36.5 Å². The van der Waals surface area contributed by atoms with Gasteiger partial charge in [-0.2, -0.15) is 0 Å². The Hall–Kier alpha value is -0.780. The van der Waals surface area contributed by atoms with E-state index in [-0.39, 0.29) is 0 Å². The molecule has 0 spiro atoms. The topological polar surface area (TPSA) is 0 Å². The minimum atomic E-state index is 0.736. The molecule has 0 fully saturated rings. The van der Waals surface area contributed by atoms with Gasteiger partial charge in [0.1, 0.15) is 0 Å². The van der Waals surface area contributed by atoms with Gasteiger partial charge < -0.3 is 0 Å². The minimum absolute atomic E-state index is 0.736. The fraction of sp³-hybridized carbons (Fsp3) is 0.400.